The number of hydrogen-bond acceptors (Lipinski definition) is 4. The van der Waals surface area contributed by atoms with Crippen molar-refractivity contribution in [1.29, 1.82) is 0 Å². The quantitative estimate of drug-likeness (QED) is 0.624. The normalized spacial score (nSPS) is 11.0. The Balaban J connectivity index is 2.24. The molecule has 2 aromatic rings. The number of halogens is 2. The SMILES string of the molecule is Nc1ccc(N=Nc2ccc(N)c(Cl)c2)cc1Cl. The third-order valence-electron chi connectivity index (χ3n) is 2.25. The molecule has 0 saturated carbocycles. The van der Waals surface area contributed by atoms with Crippen molar-refractivity contribution in [1.82, 2.24) is 0 Å². The van der Waals surface area contributed by atoms with E-state index in [0.29, 0.717) is 32.8 Å². The second kappa shape index (κ2) is 5.25. The minimum Gasteiger partial charge on any atom is -0.398 e. The fourth-order valence-electron chi connectivity index (χ4n) is 1.27. The van der Waals surface area contributed by atoms with Gasteiger partial charge in [0.2, 0.25) is 0 Å². The summed E-state index contributed by atoms with van der Waals surface area (Å²) in [7, 11) is 0. The van der Waals surface area contributed by atoms with E-state index in [-0.39, 0.29) is 0 Å². The Hall–Kier alpha value is -1.78. The molecule has 0 aliphatic rings. The molecule has 0 spiro atoms. The molecular formula is C12H10Cl2N4. The van der Waals surface area contributed by atoms with Crippen LogP contribution in [-0.2, 0) is 0 Å². The molecule has 2 aromatic carbocycles. The zero-order valence-electron chi connectivity index (χ0n) is 9.27. The molecule has 0 heterocycles. The molecule has 0 aromatic heterocycles. The fraction of sp³-hybridized carbons (Fsp3) is 0. The highest BCUT2D eigenvalue weighted by Crippen LogP contribution is 2.28. The number of anilines is 2. The smallest absolute Gasteiger partial charge is 0.0873 e. The van der Waals surface area contributed by atoms with Crippen LogP contribution in [-0.4, -0.2) is 0 Å². The van der Waals surface area contributed by atoms with Gasteiger partial charge in [-0.05, 0) is 36.4 Å². The van der Waals surface area contributed by atoms with Gasteiger partial charge in [-0.25, -0.2) is 0 Å². The average molecular weight is 281 g/mol. The van der Waals surface area contributed by atoms with E-state index in [4.69, 9.17) is 34.7 Å². The van der Waals surface area contributed by atoms with Gasteiger partial charge in [0.05, 0.1) is 32.8 Å². The number of hydrogen-bond donors (Lipinski definition) is 2. The molecule has 0 atom stereocenters. The van der Waals surface area contributed by atoms with Crippen molar-refractivity contribution < 1.29 is 0 Å². The van der Waals surface area contributed by atoms with Gasteiger partial charge in [0, 0.05) is 0 Å². The molecule has 2 rings (SSSR count). The third kappa shape index (κ3) is 2.91. The topological polar surface area (TPSA) is 76.8 Å². The van der Waals surface area contributed by atoms with Crippen LogP contribution < -0.4 is 11.5 Å². The summed E-state index contributed by atoms with van der Waals surface area (Å²) in [5.74, 6) is 0. The Labute approximate surface area is 114 Å². The van der Waals surface area contributed by atoms with E-state index in [1.165, 1.54) is 0 Å². The maximum atomic E-state index is 5.88. The molecule has 0 aliphatic heterocycles. The summed E-state index contributed by atoms with van der Waals surface area (Å²) in [5, 5.41) is 8.96. The molecule has 0 radical (unpaired) electrons. The zero-order valence-corrected chi connectivity index (χ0v) is 10.8. The van der Waals surface area contributed by atoms with Crippen LogP contribution in [0.1, 0.15) is 0 Å². The molecule has 0 unspecified atom stereocenters. The summed E-state index contributed by atoms with van der Waals surface area (Å²) in [6, 6.07) is 10.1. The molecule has 0 aliphatic carbocycles. The first-order valence-corrected chi connectivity index (χ1v) is 5.83. The lowest BCUT2D eigenvalue weighted by Crippen LogP contribution is -1.84. The first kappa shape index (κ1) is 12.7. The van der Waals surface area contributed by atoms with Crippen molar-refractivity contribution in [3.05, 3.63) is 46.4 Å². The van der Waals surface area contributed by atoms with Gasteiger partial charge in [0.15, 0.2) is 0 Å². The lowest BCUT2D eigenvalue weighted by Gasteiger charge is -1.99. The number of nitrogens with zero attached hydrogens (tertiary/aromatic N) is 2. The Kier molecular flexibility index (Phi) is 3.69. The van der Waals surface area contributed by atoms with Gasteiger partial charge in [-0.1, -0.05) is 23.2 Å². The van der Waals surface area contributed by atoms with Crippen LogP contribution in [0.4, 0.5) is 22.7 Å². The largest absolute Gasteiger partial charge is 0.398 e. The lowest BCUT2D eigenvalue weighted by atomic mass is 10.3. The molecule has 0 amide bonds. The average Bonchev–Trinajstić information content (AvgIpc) is 2.35. The van der Waals surface area contributed by atoms with Crippen LogP contribution in [0, 0.1) is 0 Å². The summed E-state index contributed by atoms with van der Waals surface area (Å²) in [4.78, 5) is 0. The molecule has 18 heavy (non-hydrogen) atoms. The lowest BCUT2D eigenvalue weighted by molar-refractivity contribution is 1.23. The number of nitrogen functional groups attached to an aromatic ring is 2. The van der Waals surface area contributed by atoms with Gasteiger partial charge in [0.1, 0.15) is 0 Å². The summed E-state index contributed by atoms with van der Waals surface area (Å²) in [5.41, 5.74) is 13.4. The van der Waals surface area contributed by atoms with Gasteiger partial charge >= 0.3 is 0 Å². The van der Waals surface area contributed by atoms with E-state index in [1.807, 2.05) is 0 Å². The maximum absolute atomic E-state index is 5.88. The van der Waals surface area contributed by atoms with Crippen LogP contribution in [0.15, 0.2) is 46.6 Å². The Bertz CT molecular complexity index is 558. The highest BCUT2D eigenvalue weighted by molar-refractivity contribution is 6.33. The summed E-state index contributed by atoms with van der Waals surface area (Å²) < 4.78 is 0. The van der Waals surface area contributed by atoms with Crippen LogP contribution in [0.3, 0.4) is 0 Å². The summed E-state index contributed by atoms with van der Waals surface area (Å²) >= 11 is 11.8. The van der Waals surface area contributed by atoms with Gasteiger partial charge in [-0.2, -0.15) is 10.2 Å². The predicted octanol–water partition coefficient (Wildman–Crippen LogP) is 4.57. The van der Waals surface area contributed by atoms with Gasteiger partial charge in [-0.15, -0.1) is 0 Å². The van der Waals surface area contributed by atoms with Crippen molar-refractivity contribution in [2.24, 2.45) is 10.2 Å². The first-order valence-electron chi connectivity index (χ1n) is 5.08. The second-order valence-electron chi connectivity index (χ2n) is 3.61. The second-order valence-corrected chi connectivity index (χ2v) is 4.43. The van der Waals surface area contributed by atoms with Crippen LogP contribution in [0.25, 0.3) is 0 Å². The van der Waals surface area contributed by atoms with Crippen LogP contribution in [0.5, 0.6) is 0 Å². The molecule has 4 nitrogen and oxygen atoms in total. The van der Waals surface area contributed by atoms with E-state index in [0.717, 1.165) is 0 Å². The maximum Gasteiger partial charge on any atom is 0.0873 e. The molecule has 6 heteroatoms. The number of benzene rings is 2. The Morgan fingerprint density at radius 1 is 0.722 bits per heavy atom. The Morgan fingerprint density at radius 3 is 1.44 bits per heavy atom. The number of nitrogens with two attached hydrogens (primary N) is 2. The van der Waals surface area contributed by atoms with E-state index in [9.17, 15) is 0 Å². The van der Waals surface area contributed by atoms with Crippen molar-refractivity contribution in [2.45, 2.75) is 0 Å². The molecule has 0 bridgehead atoms. The monoisotopic (exact) mass is 280 g/mol. The highest BCUT2D eigenvalue weighted by Gasteiger charge is 1.99. The van der Waals surface area contributed by atoms with Crippen molar-refractivity contribution >= 4 is 46.0 Å². The van der Waals surface area contributed by atoms with Gasteiger partial charge < -0.3 is 11.5 Å². The fourth-order valence-corrected chi connectivity index (χ4v) is 1.62. The molecule has 0 saturated heterocycles. The molecule has 92 valence electrons. The molecular weight excluding hydrogens is 271 g/mol. The summed E-state index contributed by atoms with van der Waals surface area (Å²) in [6.07, 6.45) is 0. The third-order valence-corrected chi connectivity index (χ3v) is 2.90. The number of azo groups is 1. The van der Waals surface area contributed by atoms with Crippen molar-refractivity contribution in [3.63, 3.8) is 0 Å². The zero-order chi connectivity index (χ0) is 13.1. The van der Waals surface area contributed by atoms with E-state index in [2.05, 4.69) is 10.2 Å². The van der Waals surface area contributed by atoms with E-state index < -0.39 is 0 Å². The van der Waals surface area contributed by atoms with Crippen molar-refractivity contribution in [2.75, 3.05) is 11.5 Å². The highest BCUT2D eigenvalue weighted by atomic mass is 35.5. The van der Waals surface area contributed by atoms with Crippen LogP contribution in [0.2, 0.25) is 10.0 Å². The van der Waals surface area contributed by atoms with Crippen LogP contribution >= 0.6 is 23.2 Å². The number of rotatable bonds is 2. The van der Waals surface area contributed by atoms with E-state index in [1.54, 1.807) is 36.4 Å². The van der Waals surface area contributed by atoms with E-state index >= 15 is 0 Å². The first-order chi connectivity index (χ1) is 8.56. The van der Waals surface area contributed by atoms with Crippen molar-refractivity contribution in [3.8, 4) is 0 Å². The van der Waals surface area contributed by atoms with Gasteiger partial charge in [-0.3, -0.25) is 0 Å². The Morgan fingerprint density at radius 2 is 1.11 bits per heavy atom. The summed E-state index contributed by atoms with van der Waals surface area (Å²) in [6.45, 7) is 0. The minimum atomic E-state index is 0.446. The molecule has 4 N–H and O–H groups in total. The standard InChI is InChI=1S/C12H10Cl2N4/c13-9-5-7(1-3-11(9)15)17-18-8-2-4-12(16)10(14)6-8/h1-6H,15-16H2. The van der Waals surface area contributed by atoms with Gasteiger partial charge in [0.25, 0.3) is 0 Å². The molecule has 0 fully saturated rings. The predicted molar refractivity (Wildman–Crippen MR) is 75.9 cm³/mol. The minimum absolute atomic E-state index is 0.446.